The molecule has 1 aliphatic heterocycles. The molecular weight excluding hydrogens is 422 g/mol. The van der Waals surface area contributed by atoms with Crippen molar-refractivity contribution in [3.8, 4) is 11.5 Å². The largest absolute Gasteiger partial charge is 0.497 e. The van der Waals surface area contributed by atoms with Crippen molar-refractivity contribution in [3.63, 3.8) is 0 Å². The van der Waals surface area contributed by atoms with E-state index in [-0.39, 0.29) is 29.2 Å². The fourth-order valence-corrected chi connectivity index (χ4v) is 4.30. The molecule has 31 heavy (non-hydrogen) atoms. The summed E-state index contributed by atoms with van der Waals surface area (Å²) in [6.45, 7) is 0.755. The molecule has 1 saturated heterocycles. The lowest BCUT2D eigenvalue weighted by molar-refractivity contribution is -0.136. The van der Waals surface area contributed by atoms with Crippen LogP contribution in [-0.4, -0.2) is 51.9 Å². The molecule has 3 rings (SSSR count). The zero-order valence-corrected chi connectivity index (χ0v) is 17.9. The Hall–Kier alpha value is -3.27. The second-order valence-electron chi connectivity index (χ2n) is 7.15. The molecule has 0 aliphatic carbocycles. The van der Waals surface area contributed by atoms with Crippen LogP contribution in [0, 0.1) is 5.92 Å². The maximum Gasteiger partial charge on any atom is 0.261 e. The summed E-state index contributed by atoms with van der Waals surface area (Å²) in [6, 6.07) is 12.3. The number of anilines is 1. The first-order chi connectivity index (χ1) is 14.8. The normalized spacial score (nSPS) is 14.7. The number of piperidine rings is 1. The molecule has 9 nitrogen and oxygen atoms in total. The number of carbonyl (C=O) groups excluding carboxylic acids is 2. The molecule has 0 aromatic heterocycles. The van der Waals surface area contributed by atoms with Gasteiger partial charge < -0.3 is 20.1 Å². The van der Waals surface area contributed by atoms with Crippen LogP contribution in [0.1, 0.15) is 12.8 Å². The van der Waals surface area contributed by atoms with Gasteiger partial charge in [-0.2, -0.15) is 0 Å². The van der Waals surface area contributed by atoms with Crippen molar-refractivity contribution in [2.75, 3.05) is 31.5 Å². The number of benzene rings is 2. The second-order valence-corrected chi connectivity index (χ2v) is 8.83. The number of primary amides is 1. The summed E-state index contributed by atoms with van der Waals surface area (Å²) in [5.74, 6) is 0.284. The number of methoxy groups -OCH3 is 1. The Morgan fingerprint density at radius 2 is 1.61 bits per heavy atom. The first-order valence-electron chi connectivity index (χ1n) is 9.75. The van der Waals surface area contributed by atoms with E-state index in [2.05, 4.69) is 4.72 Å². The van der Waals surface area contributed by atoms with Gasteiger partial charge in [-0.1, -0.05) is 0 Å². The number of rotatable bonds is 8. The van der Waals surface area contributed by atoms with Crippen molar-refractivity contribution < 1.29 is 27.5 Å². The van der Waals surface area contributed by atoms with Crippen LogP contribution in [0.5, 0.6) is 11.5 Å². The van der Waals surface area contributed by atoms with Gasteiger partial charge in [-0.25, -0.2) is 8.42 Å². The van der Waals surface area contributed by atoms with Crippen LogP contribution in [0.25, 0.3) is 0 Å². The molecular formula is C21H25N3O6S. The Balaban J connectivity index is 1.53. The number of sulfonamides is 1. The molecule has 2 aromatic rings. The Labute approximate surface area is 181 Å². The van der Waals surface area contributed by atoms with E-state index in [1.807, 2.05) is 0 Å². The molecule has 166 valence electrons. The fourth-order valence-electron chi connectivity index (χ4n) is 3.24. The number of hydrogen-bond acceptors (Lipinski definition) is 6. The standard InChI is InChI=1S/C21H25N3O6S/c1-29-17-4-2-16(3-5-17)23-31(27,28)19-8-6-18(7-9-19)30-14-20(25)24-12-10-15(11-13-24)21(22)26/h2-9,15,23H,10-14H2,1H3,(H2,22,26). The first-order valence-corrected chi connectivity index (χ1v) is 11.2. The lowest BCUT2D eigenvalue weighted by atomic mass is 9.96. The maximum atomic E-state index is 12.5. The number of likely N-dealkylation sites (tertiary alicyclic amines) is 1. The fraction of sp³-hybridized carbons (Fsp3) is 0.333. The Morgan fingerprint density at radius 1 is 1.03 bits per heavy atom. The van der Waals surface area contributed by atoms with Gasteiger partial charge in [0.25, 0.3) is 15.9 Å². The number of nitrogens with two attached hydrogens (primary N) is 1. The van der Waals surface area contributed by atoms with Crippen LogP contribution in [-0.2, 0) is 19.6 Å². The molecule has 1 fully saturated rings. The Bertz CT molecular complexity index is 1010. The lowest BCUT2D eigenvalue weighted by Gasteiger charge is -2.30. The van der Waals surface area contributed by atoms with Crippen molar-refractivity contribution >= 4 is 27.5 Å². The molecule has 2 aromatic carbocycles. The van der Waals surface area contributed by atoms with E-state index in [4.69, 9.17) is 15.2 Å². The third-order valence-corrected chi connectivity index (χ3v) is 6.49. The van der Waals surface area contributed by atoms with E-state index in [1.165, 1.54) is 31.4 Å². The van der Waals surface area contributed by atoms with Gasteiger partial charge in [-0.3, -0.25) is 14.3 Å². The zero-order valence-electron chi connectivity index (χ0n) is 17.1. The quantitative estimate of drug-likeness (QED) is 0.633. The van der Waals surface area contributed by atoms with Crippen LogP contribution >= 0.6 is 0 Å². The number of hydrogen-bond donors (Lipinski definition) is 2. The van der Waals surface area contributed by atoms with Crippen molar-refractivity contribution in [2.24, 2.45) is 11.7 Å². The average Bonchev–Trinajstić information content (AvgIpc) is 2.78. The Kier molecular flexibility index (Phi) is 7.01. The van der Waals surface area contributed by atoms with E-state index >= 15 is 0 Å². The van der Waals surface area contributed by atoms with Crippen molar-refractivity contribution in [1.82, 2.24) is 4.90 Å². The van der Waals surface area contributed by atoms with Crippen LogP contribution in [0.3, 0.4) is 0 Å². The summed E-state index contributed by atoms with van der Waals surface area (Å²) in [5.41, 5.74) is 5.71. The van der Waals surface area contributed by atoms with Gasteiger partial charge >= 0.3 is 0 Å². The van der Waals surface area contributed by atoms with Gasteiger partial charge in [0.2, 0.25) is 5.91 Å². The highest BCUT2D eigenvalue weighted by molar-refractivity contribution is 7.92. The molecule has 0 atom stereocenters. The molecule has 3 N–H and O–H groups in total. The minimum atomic E-state index is -3.77. The van der Waals surface area contributed by atoms with E-state index in [0.717, 1.165) is 0 Å². The molecule has 0 saturated carbocycles. The molecule has 0 unspecified atom stereocenters. The monoisotopic (exact) mass is 447 g/mol. The predicted molar refractivity (Wildman–Crippen MR) is 114 cm³/mol. The average molecular weight is 448 g/mol. The van der Waals surface area contributed by atoms with Crippen LogP contribution in [0.15, 0.2) is 53.4 Å². The number of carbonyl (C=O) groups is 2. The molecule has 1 aliphatic rings. The van der Waals surface area contributed by atoms with Gasteiger partial charge in [0, 0.05) is 24.7 Å². The van der Waals surface area contributed by atoms with Crippen LogP contribution in [0.4, 0.5) is 5.69 Å². The minimum absolute atomic E-state index is 0.0653. The lowest BCUT2D eigenvalue weighted by Crippen LogP contribution is -2.43. The maximum absolute atomic E-state index is 12.5. The van der Waals surface area contributed by atoms with E-state index in [0.29, 0.717) is 43.1 Å². The summed E-state index contributed by atoms with van der Waals surface area (Å²) in [7, 11) is -2.24. The highest BCUT2D eigenvalue weighted by Crippen LogP contribution is 2.22. The van der Waals surface area contributed by atoms with E-state index < -0.39 is 10.0 Å². The number of amides is 2. The Morgan fingerprint density at radius 3 is 2.16 bits per heavy atom. The smallest absolute Gasteiger partial charge is 0.261 e. The molecule has 2 amide bonds. The number of nitrogens with one attached hydrogen (secondary N) is 1. The van der Waals surface area contributed by atoms with Gasteiger partial charge in [0.1, 0.15) is 11.5 Å². The van der Waals surface area contributed by atoms with E-state index in [1.54, 1.807) is 29.2 Å². The summed E-state index contributed by atoms with van der Waals surface area (Å²) in [4.78, 5) is 25.2. The highest BCUT2D eigenvalue weighted by atomic mass is 32.2. The molecule has 10 heteroatoms. The third kappa shape index (κ3) is 5.88. The minimum Gasteiger partial charge on any atom is -0.497 e. The van der Waals surface area contributed by atoms with Crippen molar-refractivity contribution in [2.45, 2.75) is 17.7 Å². The third-order valence-electron chi connectivity index (χ3n) is 5.09. The van der Waals surface area contributed by atoms with E-state index in [9.17, 15) is 18.0 Å². The topological polar surface area (TPSA) is 128 Å². The van der Waals surface area contributed by atoms with Crippen LogP contribution < -0.4 is 19.9 Å². The summed E-state index contributed by atoms with van der Waals surface area (Å²) < 4.78 is 38.1. The molecule has 0 radical (unpaired) electrons. The van der Waals surface area contributed by atoms with Gasteiger partial charge in [-0.15, -0.1) is 0 Å². The summed E-state index contributed by atoms with van der Waals surface area (Å²) in [6.07, 6.45) is 1.10. The SMILES string of the molecule is COc1ccc(NS(=O)(=O)c2ccc(OCC(=O)N3CCC(C(N)=O)CC3)cc2)cc1. The summed E-state index contributed by atoms with van der Waals surface area (Å²) >= 11 is 0. The highest BCUT2D eigenvalue weighted by Gasteiger charge is 2.26. The van der Waals surface area contributed by atoms with Gasteiger partial charge in [0.05, 0.1) is 12.0 Å². The second kappa shape index (κ2) is 9.69. The number of nitrogens with zero attached hydrogens (tertiary/aromatic N) is 1. The predicted octanol–water partition coefficient (Wildman–Crippen LogP) is 1.60. The van der Waals surface area contributed by atoms with Gasteiger partial charge in [-0.05, 0) is 61.4 Å². The van der Waals surface area contributed by atoms with Gasteiger partial charge in [0.15, 0.2) is 6.61 Å². The molecule has 1 heterocycles. The van der Waals surface area contributed by atoms with Crippen molar-refractivity contribution in [1.29, 1.82) is 0 Å². The molecule has 0 spiro atoms. The summed E-state index contributed by atoms with van der Waals surface area (Å²) in [5, 5.41) is 0. The number of ether oxygens (including phenoxy) is 2. The first kappa shape index (κ1) is 22.4. The molecule has 0 bridgehead atoms. The zero-order chi connectivity index (χ0) is 22.4. The van der Waals surface area contributed by atoms with Crippen LogP contribution in [0.2, 0.25) is 0 Å². The van der Waals surface area contributed by atoms with Crippen molar-refractivity contribution in [3.05, 3.63) is 48.5 Å².